The third-order valence-corrected chi connectivity index (χ3v) is 4.84. The molecular weight excluding hydrogens is 261 g/mol. The second kappa shape index (κ2) is 4.33. The topological polar surface area (TPSA) is 74.7 Å². The van der Waals surface area contributed by atoms with Crippen molar-refractivity contribution in [2.45, 2.75) is 23.8 Å². The first-order chi connectivity index (χ1) is 8.34. The number of nitrogens with zero attached hydrogens (tertiary/aromatic N) is 1. The first-order valence-corrected chi connectivity index (χ1v) is 6.79. The fourth-order valence-electron chi connectivity index (χ4n) is 1.68. The SMILES string of the molecule is CN(C1CC1)S(=O)(=O)c1cc(F)ccc1C(=O)O. The van der Waals surface area contributed by atoms with Gasteiger partial charge in [0.25, 0.3) is 0 Å². The molecule has 1 aliphatic carbocycles. The number of benzene rings is 1. The maximum atomic E-state index is 13.1. The van der Waals surface area contributed by atoms with Gasteiger partial charge in [-0.25, -0.2) is 17.6 Å². The lowest BCUT2D eigenvalue weighted by atomic mass is 10.2. The second-order valence-electron chi connectivity index (χ2n) is 4.20. The summed E-state index contributed by atoms with van der Waals surface area (Å²) in [6, 6.07) is 2.53. The van der Waals surface area contributed by atoms with Gasteiger partial charge in [-0.05, 0) is 31.0 Å². The van der Waals surface area contributed by atoms with Crippen molar-refractivity contribution in [1.82, 2.24) is 4.31 Å². The van der Waals surface area contributed by atoms with Crippen molar-refractivity contribution < 1.29 is 22.7 Å². The lowest BCUT2D eigenvalue weighted by Gasteiger charge is -2.17. The van der Waals surface area contributed by atoms with Crippen LogP contribution < -0.4 is 0 Å². The first kappa shape index (κ1) is 13.0. The van der Waals surface area contributed by atoms with Crippen LogP contribution in [-0.4, -0.2) is 36.9 Å². The van der Waals surface area contributed by atoms with Gasteiger partial charge in [0.05, 0.1) is 10.5 Å². The lowest BCUT2D eigenvalue weighted by molar-refractivity contribution is 0.0692. The summed E-state index contributed by atoms with van der Waals surface area (Å²) < 4.78 is 38.6. The molecule has 5 nitrogen and oxygen atoms in total. The molecule has 1 N–H and O–H groups in total. The van der Waals surface area contributed by atoms with Gasteiger partial charge in [0, 0.05) is 13.1 Å². The number of carbonyl (C=O) groups is 1. The Morgan fingerprint density at radius 2 is 2.06 bits per heavy atom. The minimum atomic E-state index is -3.96. The summed E-state index contributed by atoms with van der Waals surface area (Å²) in [6.45, 7) is 0. The molecule has 0 aromatic heterocycles. The summed E-state index contributed by atoms with van der Waals surface area (Å²) >= 11 is 0. The third kappa shape index (κ3) is 2.23. The van der Waals surface area contributed by atoms with Gasteiger partial charge in [-0.2, -0.15) is 4.31 Å². The Hall–Kier alpha value is -1.47. The Kier molecular flexibility index (Phi) is 3.12. The van der Waals surface area contributed by atoms with Crippen molar-refractivity contribution in [3.8, 4) is 0 Å². The zero-order valence-electron chi connectivity index (χ0n) is 9.63. The number of hydrogen-bond donors (Lipinski definition) is 1. The van der Waals surface area contributed by atoms with E-state index in [-0.39, 0.29) is 6.04 Å². The van der Waals surface area contributed by atoms with Crippen LogP contribution >= 0.6 is 0 Å². The number of rotatable bonds is 4. The van der Waals surface area contributed by atoms with Gasteiger partial charge in [0.2, 0.25) is 10.0 Å². The highest BCUT2D eigenvalue weighted by molar-refractivity contribution is 7.89. The first-order valence-electron chi connectivity index (χ1n) is 5.35. The molecule has 1 aliphatic rings. The molecule has 7 heteroatoms. The van der Waals surface area contributed by atoms with Crippen LogP contribution in [0.5, 0.6) is 0 Å². The van der Waals surface area contributed by atoms with E-state index in [0.29, 0.717) is 0 Å². The average Bonchev–Trinajstić information content (AvgIpc) is 3.11. The predicted molar refractivity (Wildman–Crippen MR) is 61.3 cm³/mol. The van der Waals surface area contributed by atoms with E-state index in [1.54, 1.807) is 0 Å². The van der Waals surface area contributed by atoms with Crippen LogP contribution in [0.3, 0.4) is 0 Å². The zero-order chi connectivity index (χ0) is 13.5. The van der Waals surface area contributed by atoms with Crippen molar-refractivity contribution in [2.75, 3.05) is 7.05 Å². The third-order valence-electron chi connectivity index (χ3n) is 2.89. The smallest absolute Gasteiger partial charge is 0.337 e. The number of carboxylic acid groups (broad SMARTS) is 1. The van der Waals surface area contributed by atoms with Crippen LogP contribution in [0.15, 0.2) is 23.1 Å². The molecule has 0 amide bonds. The van der Waals surface area contributed by atoms with Crippen LogP contribution in [0.4, 0.5) is 4.39 Å². The highest BCUT2D eigenvalue weighted by atomic mass is 32.2. The van der Waals surface area contributed by atoms with Gasteiger partial charge in [-0.3, -0.25) is 0 Å². The van der Waals surface area contributed by atoms with Gasteiger partial charge >= 0.3 is 5.97 Å². The van der Waals surface area contributed by atoms with Crippen LogP contribution in [0, 0.1) is 5.82 Å². The molecule has 1 aromatic carbocycles. The summed E-state index contributed by atoms with van der Waals surface area (Å²) in [5, 5.41) is 8.95. The quantitative estimate of drug-likeness (QED) is 0.897. The van der Waals surface area contributed by atoms with E-state index in [4.69, 9.17) is 5.11 Å². The van der Waals surface area contributed by atoms with Gasteiger partial charge < -0.3 is 5.11 Å². The summed E-state index contributed by atoms with van der Waals surface area (Å²) in [5.74, 6) is -2.17. The van der Waals surface area contributed by atoms with Crippen molar-refractivity contribution in [1.29, 1.82) is 0 Å². The molecule has 1 aromatic rings. The number of carboxylic acids is 1. The molecule has 2 rings (SSSR count). The van der Waals surface area contributed by atoms with E-state index in [1.807, 2.05) is 0 Å². The van der Waals surface area contributed by atoms with E-state index in [0.717, 1.165) is 35.3 Å². The molecule has 0 unspecified atom stereocenters. The van der Waals surface area contributed by atoms with Crippen LogP contribution in [0.25, 0.3) is 0 Å². The van der Waals surface area contributed by atoms with E-state index in [9.17, 15) is 17.6 Å². The second-order valence-corrected chi connectivity index (χ2v) is 6.16. The molecule has 98 valence electrons. The zero-order valence-corrected chi connectivity index (χ0v) is 10.4. The summed E-state index contributed by atoms with van der Waals surface area (Å²) in [4.78, 5) is 10.5. The van der Waals surface area contributed by atoms with Gasteiger partial charge in [-0.15, -0.1) is 0 Å². The molecule has 0 saturated heterocycles. The predicted octanol–water partition coefficient (Wildman–Crippen LogP) is 1.31. The normalized spacial score (nSPS) is 15.9. The van der Waals surface area contributed by atoms with Crippen LogP contribution in [-0.2, 0) is 10.0 Å². The Balaban J connectivity index is 2.55. The standard InChI is InChI=1S/C11H12FNO4S/c1-13(8-3-4-8)18(16,17)10-6-7(12)2-5-9(10)11(14)15/h2,5-6,8H,3-4H2,1H3,(H,14,15). The summed E-state index contributed by atoms with van der Waals surface area (Å²) in [5.41, 5.74) is -0.413. The fraction of sp³-hybridized carbons (Fsp3) is 0.364. The van der Waals surface area contributed by atoms with Crippen molar-refractivity contribution in [3.05, 3.63) is 29.6 Å². The average molecular weight is 273 g/mol. The molecular formula is C11H12FNO4S. The van der Waals surface area contributed by atoms with E-state index in [2.05, 4.69) is 0 Å². The van der Waals surface area contributed by atoms with Crippen LogP contribution in [0.2, 0.25) is 0 Å². The van der Waals surface area contributed by atoms with E-state index in [1.165, 1.54) is 7.05 Å². The number of sulfonamides is 1. The van der Waals surface area contributed by atoms with Gasteiger partial charge in [0.15, 0.2) is 0 Å². The molecule has 1 fully saturated rings. The number of hydrogen-bond acceptors (Lipinski definition) is 3. The molecule has 0 radical (unpaired) electrons. The molecule has 0 aliphatic heterocycles. The molecule has 0 spiro atoms. The van der Waals surface area contributed by atoms with Crippen LogP contribution in [0.1, 0.15) is 23.2 Å². The van der Waals surface area contributed by atoms with Crippen molar-refractivity contribution in [3.63, 3.8) is 0 Å². The Morgan fingerprint density at radius 3 is 2.56 bits per heavy atom. The Labute approximate surface area is 104 Å². The molecule has 1 saturated carbocycles. The highest BCUT2D eigenvalue weighted by Gasteiger charge is 2.37. The van der Waals surface area contributed by atoms with E-state index < -0.39 is 32.3 Å². The fourth-order valence-corrected chi connectivity index (χ4v) is 3.28. The molecule has 18 heavy (non-hydrogen) atoms. The minimum Gasteiger partial charge on any atom is -0.478 e. The van der Waals surface area contributed by atoms with E-state index >= 15 is 0 Å². The number of aromatic carboxylic acids is 1. The van der Waals surface area contributed by atoms with Gasteiger partial charge in [-0.1, -0.05) is 0 Å². The number of halogens is 1. The lowest BCUT2D eigenvalue weighted by Crippen LogP contribution is -2.30. The Morgan fingerprint density at radius 1 is 1.44 bits per heavy atom. The monoisotopic (exact) mass is 273 g/mol. The maximum Gasteiger partial charge on any atom is 0.337 e. The molecule has 0 heterocycles. The highest BCUT2D eigenvalue weighted by Crippen LogP contribution is 2.31. The summed E-state index contributed by atoms with van der Waals surface area (Å²) in [7, 11) is -2.58. The minimum absolute atomic E-state index is 0.111. The van der Waals surface area contributed by atoms with Crippen molar-refractivity contribution in [2.24, 2.45) is 0 Å². The maximum absolute atomic E-state index is 13.1. The largest absolute Gasteiger partial charge is 0.478 e. The molecule has 0 atom stereocenters. The Bertz CT molecular complexity index is 595. The molecule has 0 bridgehead atoms. The van der Waals surface area contributed by atoms with Gasteiger partial charge in [0.1, 0.15) is 5.82 Å². The van der Waals surface area contributed by atoms with Crippen molar-refractivity contribution >= 4 is 16.0 Å². The summed E-state index contributed by atoms with van der Waals surface area (Å²) in [6.07, 6.45) is 1.49.